The number of nitrogens with zero attached hydrogens (tertiary/aromatic N) is 1. The van der Waals surface area contributed by atoms with Gasteiger partial charge in [0, 0.05) is 19.1 Å². The molecular weight excluding hydrogens is 252 g/mol. The van der Waals surface area contributed by atoms with Crippen LogP contribution in [-0.2, 0) is 11.3 Å². The van der Waals surface area contributed by atoms with Crippen molar-refractivity contribution in [3.8, 4) is 12.3 Å². The van der Waals surface area contributed by atoms with Crippen LogP contribution in [0.5, 0.6) is 0 Å². The van der Waals surface area contributed by atoms with E-state index in [1.54, 1.807) is 0 Å². The van der Waals surface area contributed by atoms with E-state index in [1.807, 2.05) is 30.3 Å². The lowest BCUT2D eigenvalue weighted by molar-refractivity contribution is 0.128. The van der Waals surface area contributed by atoms with Crippen molar-refractivity contribution in [2.45, 2.75) is 25.5 Å². The van der Waals surface area contributed by atoms with E-state index in [4.69, 9.17) is 11.2 Å². The molecule has 106 valence electrons. The number of likely N-dealkylation sites (tertiary alicyclic amines) is 1. The topological polar surface area (TPSA) is 41.6 Å². The number of nitrogens with one attached hydrogen (secondary N) is 1. The Bertz CT molecular complexity index is 459. The zero-order valence-electron chi connectivity index (χ0n) is 11.5. The summed E-state index contributed by atoms with van der Waals surface area (Å²) in [5.41, 5.74) is 0.992. The standard InChI is InChI=1S/C16H20N2O2/c1-2-10-18-11-8-15(9-12-18)17-16(19)20-13-14-6-4-3-5-7-14/h1,3-7,15H,8-13H2,(H,17,19). The van der Waals surface area contributed by atoms with Gasteiger partial charge in [0.1, 0.15) is 6.61 Å². The Morgan fingerprint density at radius 3 is 2.70 bits per heavy atom. The predicted octanol–water partition coefficient (Wildman–Crippen LogP) is 2.01. The van der Waals surface area contributed by atoms with Crippen molar-refractivity contribution in [1.29, 1.82) is 0 Å². The van der Waals surface area contributed by atoms with Crippen molar-refractivity contribution in [2.75, 3.05) is 19.6 Å². The summed E-state index contributed by atoms with van der Waals surface area (Å²) in [6.07, 6.45) is 6.78. The first-order valence-corrected chi connectivity index (χ1v) is 6.91. The first-order chi connectivity index (χ1) is 9.78. The molecule has 1 aromatic carbocycles. The number of alkyl carbamates (subject to hydrolysis) is 1. The van der Waals surface area contributed by atoms with E-state index >= 15 is 0 Å². The second-order valence-electron chi connectivity index (χ2n) is 4.96. The van der Waals surface area contributed by atoms with E-state index in [9.17, 15) is 4.79 Å². The van der Waals surface area contributed by atoms with E-state index in [0.717, 1.165) is 31.5 Å². The summed E-state index contributed by atoms with van der Waals surface area (Å²) in [7, 11) is 0. The third-order valence-corrected chi connectivity index (χ3v) is 3.44. The average molecular weight is 272 g/mol. The Hall–Kier alpha value is -1.99. The van der Waals surface area contributed by atoms with Gasteiger partial charge in [-0.2, -0.15) is 0 Å². The minimum atomic E-state index is -0.343. The lowest BCUT2D eigenvalue weighted by Gasteiger charge is -2.30. The van der Waals surface area contributed by atoms with Gasteiger partial charge in [-0.3, -0.25) is 4.90 Å². The zero-order chi connectivity index (χ0) is 14.2. The number of carbonyl (C=O) groups excluding carboxylic acids is 1. The maximum atomic E-state index is 11.7. The quantitative estimate of drug-likeness (QED) is 0.853. The number of hydrogen-bond donors (Lipinski definition) is 1. The maximum absolute atomic E-state index is 11.7. The van der Waals surface area contributed by atoms with Gasteiger partial charge < -0.3 is 10.1 Å². The van der Waals surface area contributed by atoms with E-state index in [1.165, 1.54) is 0 Å². The van der Waals surface area contributed by atoms with Crippen LogP contribution in [0.25, 0.3) is 0 Å². The normalized spacial score (nSPS) is 16.4. The van der Waals surface area contributed by atoms with Crippen LogP contribution in [0.1, 0.15) is 18.4 Å². The Morgan fingerprint density at radius 1 is 1.35 bits per heavy atom. The van der Waals surface area contributed by atoms with Crippen molar-refractivity contribution in [3.63, 3.8) is 0 Å². The van der Waals surface area contributed by atoms with Crippen LogP contribution in [0, 0.1) is 12.3 Å². The van der Waals surface area contributed by atoms with E-state index < -0.39 is 0 Å². The molecule has 0 aromatic heterocycles. The van der Waals surface area contributed by atoms with Crippen LogP contribution in [-0.4, -0.2) is 36.7 Å². The summed E-state index contributed by atoms with van der Waals surface area (Å²) < 4.78 is 5.21. The molecule has 4 heteroatoms. The molecule has 0 unspecified atom stereocenters. The molecule has 0 atom stereocenters. The predicted molar refractivity (Wildman–Crippen MR) is 78.1 cm³/mol. The molecule has 1 heterocycles. The molecule has 2 rings (SSSR count). The summed E-state index contributed by atoms with van der Waals surface area (Å²) in [5, 5.41) is 2.91. The largest absolute Gasteiger partial charge is 0.445 e. The molecule has 1 fully saturated rings. The maximum Gasteiger partial charge on any atom is 0.407 e. The van der Waals surface area contributed by atoms with Gasteiger partial charge in [0.25, 0.3) is 0 Å². The van der Waals surface area contributed by atoms with Crippen molar-refractivity contribution in [3.05, 3.63) is 35.9 Å². The van der Waals surface area contributed by atoms with Crippen LogP contribution in [0.3, 0.4) is 0 Å². The van der Waals surface area contributed by atoms with Crippen molar-refractivity contribution >= 4 is 6.09 Å². The highest BCUT2D eigenvalue weighted by atomic mass is 16.5. The van der Waals surface area contributed by atoms with Crippen LogP contribution in [0.4, 0.5) is 4.79 Å². The monoisotopic (exact) mass is 272 g/mol. The number of benzene rings is 1. The highest BCUT2D eigenvalue weighted by molar-refractivity contribution is 5.67. The van der Waals surface area contributed by atoms with Gasteiger partial charge in [-0.15, -0.1) is 6.42 Å². The zero-order valence-corrected chi connectivity index (χ0v) is 11.5. The lowest BCUT2D eigenvalue weighted by Crippen LogP contribution is -2.44. The molecular formula is C16H20N2O2. The molecule has 4 nitrogen and oxygen atoms in total. The number of ether oxygens (including phenoxy) is 1. The highest BCUT2D eigenvalue weighted by Gasteiger charge is 2.20. The molecule has 0 bridgehead atoms. The van der Waals surface area contributed by atoms with E-state index in [-0.39, 0.29) is 12.1 Å². The minimum Gasteiger partial charge on any atom is -0.445 e. The van der Waals surface area contributed by atoms with Gasteiger partial charge in [-0.25, -0.2) is 4.79 Å². The Balaban J connectivity index is 1.67. The fraction of sp³-hybridized carbons (Fsp3) is 0.438. The Morgan fingerprint density at radius 2 is 2.05 bits per heavy atom. The average Bonchev–Trinajstić information content (AvgIpc) is 2.49. The van der Waals surface area contributed by atoms with Gasteiger partial charge in [0.05, 0.1) is 6.54 Å². The smallest absolute Gasteiger partial charge is 0.407 e. The summed E-state index contributed by atoms with van der Waals surface area (Å²) in [5.74, 6) is 2.65. The Labute approximate surface area is 120 Å². The number of terminal acetylenes is 1. The molecule has 0 aliphatic carbocycles. The van der Waals surface area contributed by atoms with Gasteiger partial charge in [0.15, 0.2) is 0 Å². The summed E-state index contributed by atoms with van der Waals surface area (Å²) in [6.45, 7) is 2.84. The molecule has 1 aromatic rings. The summed E-state index contributed by atoms with van der Waals surface area (Å²) >= 11 is 0. The van der Waals surface area contributed by atoms with Gasteiger partial charge in [-0.1, -0.05) is 36.3 Å². The third-order valence-electron chi connectivity index (χ3n) is 3.44. The molecule has 20 heavy (non-hydrogen) atoms. The molecule has 0 spiro atoms. The highest BCUT2D eigenvalue weighted by Crippen LogP contribution is 2.10. The van der Waals surface area contributed by atoms with Gasteiger partial charge in [0.2, 0.25) is 0 Å². The fourth-order valence-electron chi connectivity index (χ4n) is 2.30. The van der Waals surface area contributed by atoms with Crippen LogP contribution >= 0.6 is 0 Å². The molecule has 1 aliphatic heterocycles. The van der Waals surface area contributed by atoms with E-state index in [0.29, 0.717) is 13.2 Å². The van der Waals surface area contributed by atoms with Crippen LogP contribution in [0.15, 0.2) is 30.3 Å². The molecule has 0 radical (unpaired) electrons. The Kier molecular flexibility index (Phi) is 5.45. The fourth-order valence-corrected chi connectivity index (χ4v) is 2.30. The first-order valence-electron chi connectivity index (χ1n) is 6.91. The van der Waals surface area contributed by atoms with Crippen LogP contribution < -0.4 is 5.32 Å². The second kappa shape index (κ2) is 7.56. The third kappa shape index (κ3) is 4.60. The minimum absolute atomic E-state index is 0.187. The first kappa shape index (κ1) is 14.4. The number of piperidine rings is 1. The SMILES string of the molecule is C#CCN1CCC(NC(=O)OCc2ccccc2)CC1. The number of amides is 1. The molecule has 1 amide bonds. The lowest BCUT2D eigenvalue weighted by atomic mass is 10.1. The molecule has 0 saturated carbocycles. The van der Waals surface area contributed by atoms with Crippen molar-refractivity contribution < 1.29 is 9.53 Å². The summed E-state index contributed by atoms with van der Waals surface area (Å²) in [4.78, 5) is 13.9. The van der Waals surface area contributed by atoms with Gasteiger partial charge in [-0.05, 0) is 18.4 Å². The number of rotatable bonds is 4. The molecule has 1 saturated heterocycles. The number of hydrogen-bond acceptors (Lipinski definition) is 3. The van der Waals surface area contributed by atoms with Crippen LogP contribution in [0.2, 0.25) is 0 Å². The summed E-state index contributed by atoms with van der Waals surface area (Å²) in [6, 6.07) is 9.85. The number of carbonyl (C=O) groups is 1. The van der Waals surface area contributed by atoms with Gasteiger partial charge >= 0.3 is 6.09 Å². The second-order valence-corrected chi connectivity index (χ2v) is 4.96. The van der Waals surface area contributed by atoms with E-state index in [2.05, 4.69) is 16.1 Å². The molecule has 1 N–H and O–H groups in total. The molecule has 1 aliphatic rings. The van der Waals surface area contributed by atoms with Crippen molar-refractivity contribution in [1.82, 2.24) is 10.2 Å². The van der Waals surface area contributed by atoms with Crippen molar-refractivity contribution in [2.24, 2.45) is 0 Å².